The molecule has 2 aromatic rings. The Morgan fingerprint density at radius 3 is 3.00 bits per heavy atom. The van der Waals surface area contributed by atoms with Crippen LogP contribution in [0.1, 0.15) is 17.8 Å². The van der Waals surface area contributed by atoms with Crippen LogP contribution in [0, 0.1) is 11.3 Å². The average molecular weight is 280 g/mol. The summed E-state index contributed by atoms with van der Waals surface area (Å²) in [5, 5.41) is 9.09. The Bertz CT molecular complexity index is 586. The molecular weight excluding hydrogens is 266 g/mol. The van der Waals surface area contributed by atoms with E-state index in [0.29, 0.717) is 11.4 Å². The highest BCUT2D eigenvalue weighted by molar-refractivity contribution is 7.98. The van der Waals surface area contributed by atoms with Gasteiger partial charge < -0.3 is 4.57 Å². The van der Waals surface area contributed by atoms with Gasteiger partial charge in [0.2, 0.25) is 0 Å². The fourth-order valence-corrected chi connectivity index (χ4v) is 2.63. The van der Waals surface area contributed by atoms with Gasteiger partial charge in [0.25, 0.3) is 0 Å². The predicted octanol–water partition coefficient (Wildman–Crippen LogP) is 3.40. The third kappa shape index (κ3) is 2.47. The zero-order valence-electron chi connectivity index (χ0n) is 10.2. The van der Waals surface area contributed by atoms with E-state index >= 15 is 0 Å². The lowest BCUT2D eigenvalue weighted by atomic mass is 10.2. The maximum Gasteiger partial charge on any atom is 0.124 e. The Labute approximate surface area is 116 Å². The fraction of sp³-hybridized carbons (Fsp3) is 0.385. The number of para-hydroxylation sites is 1. The van der Waals surface area contributed by atoms with Gasteiger partial charge in [-0.1, -0.05) is 6.07 Å². The second-order valence-corrected chi connectivity index (χ2v) is 5.20. The first-order valence-corrected chi connectivity index (χ1v) is 7.67. The number of nitriles is 1. The quantitative estimate of drug-likeness (QED) is 0.622. The first-order valence-electron chi connectivity index (χ1n) is 5.75. The molecule has 0 saturated heterocycles. The van der Waals surface area contributed by atoms with Gasteiger partial charge in [0.15, 0.2) is 0 Å². The van der Waals surface area contributed by atoms with Crippen molar-refractivity contribution in [3.05, 3.63) is 29.6 Å². The minimum Gasteiger partial charge on any atom is -0.327 e. The monoisotopic (exact) mass is 279 g/mol. The Balaban J connectivity index is 2.46. The summed E-state index contributed by atoms with van der Waals surface area (Å²) in [5.41, 5.74) is 2.38. The Kier molecular flexibility index (Phi) is 4.51. The Morgan fingerprint density at radius 2 is 2.33 bits per heavy atom. The lowest BCUT2D eigenvalue weighted by molar-refractivity contribution is 0.677. The molecule has 0 aliphatic rings. The number of thioether (sulfide) groups is 1. The maximum atomic E-state index is 9.09. The van der Waals surface area contributed by atoms with Crippen molar-refractivity contribution >= 4 is 34.4 Å². The van der Waals surface area contributed by atoms with E-state index in [1.165, 1.54) is 0 Å². The van der Waals surface area contributed by atoms with Crippen LogP contribution in [0.3, 0.4) is 0 Å². The summed E-state index contributed by atoms with van der Waals surface area (Å²) >= 11 is 7.77. The predicted molar refractivity (Wildman–Crippen MR) is 77.0 cm³/mol. The van der Waals surface area contributed by atoms with Crippen LogP contribution < -0.4 is 0 Å². The van der Waals surface area contributed by atoms with Gasteiger partial charge in [-0.25, -0.2) is 4.98 Å². The van der Waals surface area contributed by atoms with Crippen molar-refractivity contribution in [3.63, 3.8) is 0 Å². The van der Waals surface area contributed by atoms with Gasteiger partial charge in [0.1, 0.15) is 17.4 Å². The van der Waals surface area contributed by atoms with Crippen LogP contribution in [0.25, 0.3) is 11.0 Å². The normalized spacial score (nSPS) is 10.7. The number of benzene rings is 1. The molecule has 2 rings (SSSR count). The summed E-state index contributed by atoms with van der Waals surface area (Å²) in [6.45, 7) is 0.897. The minimum absolute atomic E-state index is 0.374. The molecule has 18 heavy (non-hydrogen) atoms. The highest BCUT2D eigenvalue weighted by Crippen LogP contribution is 2.21. The number of fused-ring (bicyclic) bond motifs is 1. The molecule has 3 nitrogen and oxygen atoms in total. The van der Waals surface area contributed by atoms with Crippen LogP contribution >= 0.6 is 23.4 Å². The molecule has 0 N–H and O–H groups in total. The summed E-state index contributed by atoms with van der Waals surface area (Å²) in [5.74, 6) is 2.33. The molecule has 0 radical (unpaired) electrons. The number of alkyl halides is 1. The van der Waals surface area contributed by atoms with Crippen molar-refractivity contribution in [1.29, 1.82) is 5.26 Å². The third-order valence-electron chi connectivity index (χ3n) is 2.83. The fourth-order valence-electron chi connectivity index (χ4n) is 2.00. The number of hydrogen-bond donors (Lipinski definition) is 0. The van der Waals surface area contributed by atoms with Crippen LogP contribution in [0.15, 0.2) is 18.2 Å². The molecule has 0 amide bonds. The molecule has 0 fully saturated rings. The van der Waals surface area contributed by atoms with Gasteiger partial charge in [0, 0.05) is 6.54 Å². The summed E-state index contributed by atoms with van der Waals surface area (Å²) < 4.78 is 2.12. The smallest absolute Gasteiger partial charge is 0.124 e. The third-order valence-corrected chi connectivity index (χ3v) is 3.76. The van der Waals surface area contributed by atoms with Crippen molar-refractivity contribution < 1.29 is 0 Å². The first kappa shape index (κ1) is 13.3. The van der Waals surface area contributed by atoms with Gasteiger partial charge in [-0.3, -0.25) is 0 Å². The molecule has 0 aliphatic carbocycles. The molecule has 1 aromatic carbocycles. The van der Waals surface area contributed by atoms with Crippen LogP contribution in [0.2, 0.25) is 0 Å². The van der Waals surface area contributed by atoms with Gasteiger partial charge in [0.05, 0.1) is 17.0 Å². The van der Waals surface area contributed by atoms with E-state index in [1.54, 1.807) is 6.07 Å². The topological polar surface area (TPSA) is 41.6 Å². The van der Waals surface area contributed by atoms with Crippen LogP contribution in [-0.2, 0) is 12.4 Å². The van der Waals surface area contributed by atoms with Gasteiger partial charge in [-0.15, -0.1) is 11.6 Å². The lowest BCUT2D eigenvalue weighted by Crippen LogP contribution is -2.03. The number of rotatable bonds is 5. The van der Waals surface area contributed by atoms with E-state index in [-0.39, 0.29) is 0 Å². The second kappa shape index (κ2) is 6.12. The molecule has 0 unspecified atom stereocenters. The number of aryl methyl sites for hydroxylation is 1. The average Bonchev–Trinajstić information content (AvgIpc) is 2.77. The van der Waals surface area contributed by atoms with Crippen molar-refractivity contribution in [1.82, 2.24) is 9.55 Å². The highest BCUT2D eigenvalue weighted by Gasteiger charge is 2.12. The van der Waals surface area contributed by atoms with Crippen LogP contribution in [0.4, 0.5) is 0 Å². The number of imidazole rings is 1. The molecule has 5 heteroatoms. The summed E-state index contributed by atoms with van der Waals surface area (Å²) in [4.78, 5) is 4.48. The number of aromatic nitrogens is 2. The molecule has 1 aromatic heterocycles. The molecule has 0 spiro atoms. The molecule has 0 saturated carbocycles. The van der Waals surface area contributed by atoms with E-state index in [4.69, 9.17) is 16.9 Å². The SMILES string of the molecule is CSCCCn1c(CCl)nc2c(C#N)cccc21. The molecule has 1 heterocycles. The molecular formula is C13H14ClN3S. The molecule has 0 bridgehead atoms. The van der Waals surface area contributed by atoms with E-state index in [9.17, 15) is 0 Å². The van der Waals surface area contributed by atoms with Gasteiger partial charge in [-0.2, -0.15) is 17.0 Å². The van der Waals surface area contributed by atoms with Crippen LogP contribution in [-0.4, -0.2) is 21.6 Å². The number of nitrogens with zero attached hydrogens (tertiary/aromatic N) is 3. The maximum absolute atomic E-state index is 9.09. The number of halogens is 1. The van der Waals surface area contributed by atoms with E-state index in [1.807, 2.05) is 23.9 Å². The summed E-state index contributed by atoms with van der Waals surface area (Å²) in [7, 11) is 0. The zero-order chi connectivity index (χ0) is 13.0. The highest BCUT2D eigenvalue weighted by atomic mass is 35.5. The molecule has 0 aliphatic heterocycles. The summed E-state index contributed by atoms with van der Waals surface area (Å²) in [6, 6.07) is 7.86. The first-order chi connectivity index (χ1) is 8.81. The van der Waals surface area contributed by atoms with Crippen molar-refractivity contribution in [2.45, 2.75) is 18.8 Å². The van der Waals surface area contributed by atoms with Crippen molar-refractivity contribution in [2.24, 2.45) is 0 Å². The van der Waals surface area contributed by atoms with Gasteiger partial charge in [-0.05, 0) is 30.6 Å². The van der Waals surface area contributed by atoms with Crippen LogP contribution in [0.5, 0.6) is 0 Å². The van der Waals surface area contributed by atoms with Crippen molar-refractivity contribution in [3.8, 4) is 6.07 Å². The molecule has 94 valence electrons. The summed E-state index contributed by atoms with van der Waals surface area (Å²) in [6.07, 6.45) is 3.18. The van der Waals surface area contributed by atoms with E-state index < -0.39 is 0 Å². The van der Waals surface area contributed by atoms with E-state index in [0.717, 1.165) is 35.6 Å². The zero-order valence-corrected chi connectivity index (χ0v) is 11.8. The lowest BCUT2D eigenvalue weighted by Gasteiger charge is -2.06. The Morgan fingerprint density at radius 1 is 1.50 bits per heavy atom. The van der Waals surface area contributed by atoms with Crippen molar-refractivity contribution in [2.75, 3.05) is 12.0 Å². The Hall–Kier alpha value is -1.18. The molecule has 0 atom stereocenters. The standard InChI is InChI=1S/C13H14ClN3S/c1-18-7-3-6-17-11-5-2-4-10(9-15)13(11)16-12(17)8-14/h2,4-5H,3,6-8H2,1H3. The minimum atomic E-state index is 0.374. The van der Waals surface area contributed by atoms with Gasteiger partial charge >= 0.3 is 0 Å². The second-order valence-electron chi connectivity index (χ2n) is 3.94. The van der Waals surface area contributed by atoms with E-state index in [2.05, 4.69) is 21.9 Å². The number of hydrogen-bond acceptors (Lipinski definition) is 3. The largest absolute Gasteiger partial charge is 0.327 e.